The fourth-order valence-corrected chi connectivity index (χ4v) is 4.78. The highest BCUT2D eigenvalue weighted by atomic mass is 32.1. The summed E-state index contributed by atoms with van der Waals surface area (Å²) in [7, 11) is 1.63. The summed E-state index contributed by atoms with van der Waals surface area (Å²) in [5.74, 6) is -0.0732. The zero-order valence-corrected chi connectivity index (χ0v) is 18.4. The number of hydrogen-bond acceptors (Lipinski definition) is 7. The van der Waals surface area contributed by atoms with Gasteiger partial charge in [0.25, 0.3) is 11.6 Å². The maximum atomic E-state index is 13.5. The van der Waals surface area contributed by atoms with Gasteiger partial charge in [0.05, 0.1) is 28.9 Å². The molecule has 1 aliphatic rings. The van der Waals surface area contributed by atoms with Gasteiger partial charge in [-0.2, -0.15) is 0 Å². The van der Waals surface area contributed by atoms with Crippen LogP contribution in [0.1, 0.15) is 25.8 Å². The van der Waals surface area contributed by atoms with E-state index >= 15 is 0 Å². The Kier molecular flexibility index (Phi) is 5.57. The van der Waals surface area contributed by atoms with Crippen molar-refractivity contribution in [1.29, 1.82) is 0 Å². The first kappa shape index (κ1) is 20.5. The van der Waals surface area contributed by atoms with E-state index in [1.54, 1.807) is 18.4 Å². The second-order valence-electron chi connectivity index (χ2n) is 7.57. The van der Waals surface area contributed by atoms with Crippen molar-refractivity contribution >= 4 is 34.3 Å². The van der Waals surface area contributed by atoms with Crippen LogP contribution in [0.4, 0.5) is 0 Å². The van der Waals surface area contributed by atoms with Crippen LogP contribution < -0.4 is 5.32 Å². The Labute approximate surface area is 178 Å². The summed E-state index contributed by atoms with van der Waals surface area (Å²) in [6.07, 6.45) is 0. The minimum absolute atomic E-state index is 0.0169. The minimum Gasteiger partial charge on any atom is -0.358 e. The normalized spacial score (nSPS) is 15.0. The second-order valence-corrected chi connectivity index (χ2v) is 9.03. The fourth-order valence-electron chi connectivity index (χ4n) is 3.85. The Hall–Kier alpha value is -2.78. The molecule has 4 rings (SSSR count). The SMILES string of the molecule is CNC(=O)CN1CCN(C(=O)c2cc(-c3cc(C)sc3C)nc3onc(C)c23)CC1. The number of likely N-dealkylation sites (N-methyl/N-ethyl adjacent to an activating group) is 1. The quantitative estimate of drug-likeness (QED) is 0.687. The Bertz CT molecular complexity index is 1110. The van der Waals surface area contributed by atoms with Crippen LogP contribution in [0, 0.1) is 20.8 Å². The molecular weight excluding hydrogens is 402 g/mol. The molecule has 4 heterocycles. The average Bonchev–Trinajstić information content (AvgIpc) is 3.28. The number of aromatic nitrogens is 2. The highest BCUT2D eigenvalue weighted by molar-refractivity contribution is 7.12. The van der Waals surface area contributed by atoms with E-state index in [0.29, 0.717) is 55.1 Å². The highest BCUT2D eigenvalue weighted by Gasteiger charge is 2.27. The summed E-state index contributed by atoms with van der Waals surface area (Å²) in [5.41, 5.74) is 3.34. The summed E-state index contributed by atoms with van der Waals surface area (Å²) < 4.78 is 5.43. The number of aryl methyl sites for hydroxylation is 3. The van der Waals surface area contributed by atoms with Crippen molar-refractivity contribution in [3.05, 3.63) is 33.1 Å². The van der Waals surface area contributed by atoms with Gasteiger partial charge in [0, 0.05) is 48.5 Å². The predicted molar refractivity (Wildman–Crippen MR) is 116 cm³/mol. The topological polar surface area (TPSA) is 91.6 Å². The van der Waals surface area contributed by atoms with Crippen LogP contribution in [-0.4, -0.2) is 71.5 Å². The van der Waals surface area contributed by atoms with E-state index in [4.69, 9.17) is 4.52 Å². The van der Waals surface area contributed by atoms with Gasteiger partial charge in [0.15, 0.2) is 0 Å². The molecule has 0 bridgehead atoms. The lowest BCUT2D eigenvalue weighted by Gasteiger charge is -2.34. The third-order valence-electron chi connectivity index (χ3n) is 5.47. The van der Waals surface area contributed by atoms with Crippen molar-refractivity contribution in [2.75, 3.05) is 39.8 Å². The average molecular weight is 428 g/mol. The molecular formula is C21H25N5O3S. The maximum Gasteiger partial charge on any atom is 0.259 e. The largest absolute Gasteiger partial charge is 0.358 e. The number of nitrogens with one attached hydrogen (secondary N) is 1. The summed E-state index contributed by atoms with van der Waals surface area (Å²) >= 11 is 1.70. The Balaban J connectivity index is 1.65. The van der Waals surface area contributed by atoms with Crippen molar-refractivity contribution in [3.8, 4) is 11.3 Å². The number of piperazine rings is 1. The van der Waals surface area contributed by atoms with E-state index in [1.807, 2.05) is 17.9 Å². The Morgan fingerprint density at radius 2 is 1.90 bits per heavy atom. The zero-order valence-electron chi connectivity index (χ0n) is 17.6. The van der Waals surface area contributed by atoms with Crippen LogP contribution in [0.5, 0.6) is 0 Å². The first-order chi connectivity index (χ1) is 14.4. The van der Waals surface area contributed by atoms with Crippen molar-refractivity contribution < 1.29 is 14.1 Å². The molecule has 3 aromatic rings. The van der Waals surface area contributed by atoms with Crippen LogP contribution in [0.3, 0.4) is 0 Å². The second kappa shape index (κ2) is 8.16. The molecule has 30 heavy (non-hydrogen) atoms. The summed E-state index contributed by atoms with van der Waals surface area (Å²) in [6.45, 7) is 8.73. The van der Waals surface area contributed by atoms with E-state index in [9.17, 15) is 9.59 Å². The van der Waals surface area contributed by atoms with Gasteiger partial charge in [-0.25, -0.2) is 4.98 Å². The minimum atomic E-state index is -0.0563. The highest BCUT2D eigenvalue weighted by Crippen LogP contribution is 2.33. The van der Waals surface area contributed by atoms with Crippen LogP contribution in [0.15, 0.2) is 16.7 Å². The van der Waals surface area contributed by atoms with E-state index in [1.165, 1.54) is 4.88 Å². The first-order valence-electron chi connectivity index (χ1n) is 9.94. The van der Waals surface area contributed by atoms with Gasteiger partial charge >= 0.3 is 0 Å². The van der Waals surface area contributed by atoms with Crippen LogP contribution >= 0.6 is 11.3 Å². The van der Waals surface area contributed by atoms with Gasteiger partial charge in [-0.15, -0.1) is 11.3 Å². The lowest BCUT2D eigenvalue weighted by atomic mass is 10.0. The third-order valence-corrected chi connectivity index (χ3v) is 6.44. The molecule has 8 nitrogen and oxygen atoms in total. The van der Waals surface area contributed by atoms with E-state index in [-0.39, 0.29) is 11.8 Å². The molecule has 9 heteroatoms. The van der Waals surface area contributed by atoms with Gasteiger partial charge < -0.3 is 14.7 Å². The molecule has 0 aliphatic carbocycles. The lowest BCUT2D eigenvalue weighted by Crippen LogP contribution is -2.50. The molecule has 1 N–H and O–H groups in total. The van der Waals surface area contributed by atoms with E-state index in [0.717, 1.165) is 16.1 Å². The standard InChI is InChI=1S/C21H25N5O3S/c1-12-9-15(14(3)30-12)17-10-16(19-13(2)24-29-20(19)23-17)21(28)26-7-5-25(6-8-26)11-18(27)22-4/h9-10H,5-8,11H2,1-4H3,(H,22,27). The van der Waals surface area contributed by atoms with Crippen molar-refractivity contribution in [2.24, 2.45) is 0 Å². The molecule has 0 unspecified atom stereocenters. The number of rotatable bonds is 4. The number of thiophene rings is 1. The van der Waals surface area contributed by atoms with Crippen LogP contribution in [0.25, 0.3) is 22.4 Å². The summed E-state index contributed by atoms with van der Waals surface area (Å²) in [6, 6.07) is 3.95. The summed E-state index contributed by atoms with van der Waals surface area (Å²) in [5, 5.41) is 7.35. The molecule has 0 spiro atoms. The van der Waals surface area contributed by atoms with Gasteiger partial charge in [0.2, 0.25) is 5.91 Å². The number of hydrogen-bond donors (Lipinski definition) is 1. The monoisotopic (exact) mass is 427 g/mol. The summed E-state index contributed by atoms with van der Waals surface area (Å²) in [4.78, 5) is 35.9. The van der Waals surface area contributed by atoms with Crippen molar-refractivity contribution in [1.82, 2.24) is 25.3 Å². The fraction of sp³-hybridized carbons (Fsp3) is 0.429. The van der Waals surface area contributed by atoms with Crippen LogP contribution in [0.2, 0.25) is 0 Å². The molecule has 0 saturated carbocycles. The number of pyridine rings is 1. The molecule has 1 fully saturated rings. The number of carbonyl (C=O) groups is 2. The molecule has 1 saturated heterocycles. The molecule has 0 aromatic carbocycles. The maximum absolute atomic E-state index is 13.5. The van der Waals surface area contributed by atoms with Gasteiger partial charge in [-0.3, -0.25) is 14.5 Å². The number of amides is 2. The molecule has 0 atom stereocenters. The number of nitrogens with zero attached hydrogens (tertiary/aromatic N) is 4. The lowest BCUT2D eigenvalue weighted by molar-refractivity contribution is -0.122. The molecule has 2 amide bonds. The number of fused-ring (bicyclic) bond motifs is 1. The van der Waals surface area contributed by atoms with Gasteiger partial charge in [0.1, 0.15) is 0 Å². The van der Waals surface area contributed by atoms with E-state index < -0.39 is 0 Å². The van der Waals surface area contributed by atoms with E-state index in [2.05, 4.69) is 40.3 Å². The van der Waals surface area contributed by atoms with Gasteiger partial charge in [-0.1, -0.05) is 5.16 Å². The molecule has 158 valence electrons. The number of carbonyl (C=O) groups excluding carboxylic acids is 2. The first-order valence-corrected chi connectivity index (χ1v) is 10.8. The van der Waals surface area contributed by atoms with Crippen LogP contribution in [-0.2, 0) is 4.79 Å². The third kappa shape index (κ3) is 3.82. The van der Waals surface area contributed by atoms with Gasteiger partial charge in [-0.05, 0) is 32.9 Å². The molecule has 3 aromatic heterocycles. The van der Waals surface area contributed by atoms with Crippen molar-refractivity contribution in [3.63, 3.8) is 0 Å². The smallest absolute Gasteiger partial charge is 0.259 e. The molecule has 1 aliphatic heterocycles. The Morgan fingerprint density at radius 1 is 1.17 bits per heavy atom. The molecule has 0 radical (unpaired) electrons. The zero-order chi connectivity index (χ0) is 21.4. The Morgan fingerprint density at radius 3 is 2.53 bits per heavy atom. The van der Waals surface area contributed by atoms with Crippen molar-refractivity contribution in [2.45, 2.75) is 20.8 Å². The predicted octanol–water partition coefficient (Wildman–Crippen LogP) is 2.38.